The summed E-state index contributed by atoms with van der Waals surface area (Å²) in [7, 11) is 2.08. The Morgan fingerprint density at radius 1 is 1.59 bits per heavy atom. The summed E-state index contributed by atoms with van der Waals surface area (Å²) in [4.78, 5) is 2.47. The lowest BCUT2D eigenvalue weighted by atomic mass is 10.1. The number of nitrogens with zero attached hydrogens (tertiary/aromatic N) is 1. The zero-order valence-corrected chi connectivity index (χ0v) is 10.6. The summed E-state index contributed by atoms with van der Waals surface area (Å²) < 4.78 is 13.1. The van der Waals surface area contributed by atoms with E-state index in [0.717, 1.165) is 25.2 Å². The fourth-order valence-corrected chi connectivity index (χ4v) is 2.29. The molecule has 0 amide bonds. The molecule has 1 aliphatic rings. The summed E-state index contributed by atoms with van der Waals surface area (Å²) >= 11 is 4.93. The van der Waals surface area contributed by atoms with Gasteiger partial charge >= 0.3 is 0 Å². The Balaban J connectivity index is 2.17. The van der Waals surface area contributed by atoms with Crippen molar-refractivity contribution in [2.24, 2.45) is 5.73 Å². The average molecular weight is 253 g/mol. The van der Waals surface area contributed by atoms with Crippen LogP contribution in [0.25, 0.3) is 0 Å². The predicted molar refractivity (Wildman–Crippen MR) is 71.8 cm³/mol. The minimum absolute atomic E-state index is 0.221. The number of hydrogen-bond donors (Lipinski definition) is 2. The van der Waals surface area contributed by atoms with Crippen LogP contribution in [-0.4, -0.2) is 36.1 Å². The number of halogens is 1. The number of nitrogens with two attached hydrogens (primary N) is 1. The minimum atomic E-state index is -0.318. The minimum Gasteiger partial charge on any atom is -0.389 e. The average Bonchev–Trinajstić information content (AvgIpc) is 2.66. The SMILES string of the molecule is CN1CCC(Nc2ccc(F)cc2C(N)=S)C1. The van der Waals surface area contributed by atoms with E-state index in [-0.39, 0.29) is 10.8 Å². The molecule has 1 fully saturated rings. The van der Waals surface area contributed by atoms with Gasteiger partial charge in [0.15, 0.2) is 0 Å². The van der Waals surface area contributed by atoms with E-state index in [1.54, 1.807) is 6.07 Å². The first-order chi connectivity index (χ1) is 8.06. The molecule has 1 saturated heterocycles. The molecule has 1 aliphatic heterocycles. The summed E-state index contributed by atoms with van der Waals surface area (Å²) in [5, 5.41) is 3.37. The highest BCUT2D eigenvalue weighted by Crippen LogP contribution is 2.20. The summed E-state index contributed by atoms with van der Waals surface area (Å²) in [6.45, 7) is 2.05. The summed E-state index contributed by atoms with van der Waals surface area (Å²) in [5.74, 6) is -0.318. The van der Waals surface area contributed by atoms with Gasteiger partial charge in [0.2, 0.25) is 0 Å². The number of anilines is 1. The van der Waals surface area contributed by atoms with Crippen molar-refractivity contribution in [1.29, 1.82) is 0 Å². The van der Waals surface area contributed by atoms with E-state index in [1.165, 1.54) is 12.1 Å². The first kappa shape index (κ1) is 12.3. The Morgan fingerprint density at radius 2 is 2.35 bits per heavy atom. The molecule has 1 heterocycles. The van der Waals surface area contributed by atoms with Gasteiger partial charge in [-0.3, -0.25) is 0 Å². The highest BCUT2D eigenvalue weighted by molar-refractivity contribution is 7.80. The fourth-order valence-electron chi connectivity index (χ4n) is 2.12. The molecule has 0 aromatic heterocycles. The van der Waals surface area contributed by atoms with E-state index in [9.17, 15) is 4.39 Å². The second-order valence-electron chi connectivity index (χ2n) is 4.45. The Hall–Kier alpha value is -1.20. The second-order valence-corrected chi connectivity index (χ2v) is 4.89. The van der Waals surface area contributed by atoms with Crippen molar-refractivity contribution in [3.05, 3.63) is 29.6 Å². The third kappa shape index (κ3) is 2.92. The number of hydrogen-bond acceptors (Lipinski definition) is 3. The fraction of sp³-hybridized carbons (Fsp3) is 0.417. The zero-order valence-electron chi connectivity index (χ0n) is 9.74. The maximum absolute atomic E-state index is 13.1. The van der Waals surface area contributed by atoms with E-state index < -0.39 is 0 Å². The Bertz CT molecular complexity index is 436. The van der Waals surface area contributed by atoms with Crippen molar-refractivity contribution >= 4 is 22.9 Å². The number of thiocarbonyl (C=S) groups is 1. The van der Waals surface area contributed by atoms with Gasteiger partial charge in [0.1, 0.15) is 10.8 Å². The molecular formula is C12H16FN3S. The molecule has 1 atom stereocenters. The van der Waals surface area contributed by atoms with Crippen molar-refractivity contribution < 1.29 is 4.39 Å². The third-order valence-corrected chi connectivity index (χ3v) is 3.22. The van der Waals surface area contributed by atoms with Crippen LogP contribution in [0.1, 0.15) is 12.0 Å². The highest BCUT2D eigenvalue weighted by Gasteiger charge is 2.20. The molecule has 0 spiro atoms. The first-order valence-electron chi connectivity index (χ1n) is 5.60. The van der Waals surface area contributed by atoms with Gasteiger partial charge in [-0.2, -0.15) is 0 Å². The van der Waals surface area contributed by atoms with Crippen LogP contribution in [0.2, 0.25) is 0 Å². The molecular weight excluding hydrogens is 237 g/mol. The molecule has 0 saturated carbocycles. The number of rotatable bonds is 3. The normalized spacial score (nSPS) is 20.5. The van der Waals surface area contributed by atoms with Crippen LogP contribution in [0.4, 0.5) is 10.1 Å². The van der Waals surface area contributed by atoms with E-state index in [2.05, 4.69) is 17.3 Å². The van der Waals surface area contributed by atoms with Crippen molar-refractivity contribution in [3.8, 4) is 0 Å². The van der Waals surface area contributed by atoms with Gasteiger partial charge < -0.3 is 16.0 Å². The Morgan fingerprint density at radius 3 is 2.94 bits per heavy atom. The lowest BCUT2D eigenvalue weighted by Crippen LogP contribution is -2.25. The van der Waals surface area contributed by atoms with Crippen LogP contribution in [0, 0.1) is 5.82 Å². The van der Waals surface area contributed by atoms with Crippen molar-refractivity contribution in [2.75, 3.05) is 25.5 Å². The van der Waals surface area contributed by atoms with Crippen LogP contribution >= 0.6 is 12.2 Å². The lowest BCUT2D eigenvalue weighted by molar-refractivity contribution is 0.414. The first-order valence-corrected chi connectivity index (χ1v) is 6.01. The van der Waals surface area contributed by atoms with Gasteiger partial charge in [0.05, 0.1) is 0 Å². The zero-order chi connectivity index (χ0) is 12.4. The molecule has 92 valence electrons. The molecule has 2 rings (SSSR count). The quantitative estimate of drug-likeness (QED) is 0.803. The number of benzene rings is 1. The van der Waals surface area contributed by atoms with E-state index >= 15 is 0 Å². The van der Waals surface area contributed by atoms with Crippen LogP contribution in [0.15, 0.2) is 18.2 Å². The van der Waals surface area contributed by atoms with Crippen molar-refractivity contribution in [2.45, 2.75) is 12.5 Å². The molecule has 0 bridgehead atoms. The largest absolute Gasteiger partial charge is 0.389 e. The molecule has 0 radical (unpaired) electrons. The maximum atomic E-state index is 13.1. The van der Waals surface area contributed by atoms with Crippen LogP contribution < -0.4 is 11.1 Å². The van der Waals surface area contributed by atoms with Gasteiger partial charge in [0, 0.05) is 23.8 Å². The second kappa shape index (κ2) is 4.98. The highest BCUT2D eigenvalue weighted by atomic mass is 32.1. The smallest absolute Gasteiger partial charge is 0.124 e. The Kier molecular flexibility index (Phi) is 3.59. The summed E-state index contributed by atoms with van der Waals surface area (Å²) in [6, 6.07) is 4.87. The molecule has 5 heteroatoms. The topological polar surface area (TPSA) is 41.3 Å². The molecule has 3 nitrogen and oxygen atoms in total. The molecule has 17 heavy (non-hydrogen) atoms. The van der Waals surface area contributed by atoms with E-state index in [1.807, 2.05) is 0 Å². The van der Waals surface area contributed by atoms with E-state index in [0.29, 0.717) is 11.6 Å². The standard InChI is InChI=1S/C12H16FN3S/c1-16-5-4-9(7-16)15-11-3-2-8(13)6-10(11)12(14)17/h2-3,6,9,15H,4-5,7H2,1H3,(H2,14,17). The maximum Gasteiger partial charge on any atom is 0.124 e. The van der Waals surface area contributed by atoms with E-state index in [4.69, 9.17) is 18.0 Å². The van der Waals surface area contributed by atoms with Gasteiger partial charge in [-0.15, -0.1) is 0 Å². The molecule has 1 unspecified atom stereocenters. The van der Waals surface area contributed by atoms with Gasteiger partial charge in [-0.1, -0.05) is 12.2 Å². The Labute approximate surface area is 106 Å². The van der Waals surface area contributed by atoms with Gasteiger partial charge in [-0.05, 0) is 38.2 Å². The van der Waals surface area contributed by atoms with Crippen LogP contribution in [-0.2, 0) is 0 Å². The number of likely N-dealkylation sites (tertiary alicyclic amines) is 1. The van der Waals surface area contributed by atoms with Crippen molar-refractivity contribution in [3.63, 3.8) is 0 Å². The summed E-state index contributed by atoms with van der Waals surface area (Å²) in [6.07, 6.45) is 1.07. The summed E-state index contributed by atoms with van der Waals surface area (Å²) in [5.41, 5.74) is 7.00. The molecule has 1 aromatic carbocycles. The van der Waals surface area contributed by atoms with Crippen LogP contribution in [0.3, 0.4) is 0 Å². The number of likely N-dealkylation sites (N-methyl/N-ethyl adjacent to an activating group) is 1. The molecule has 3 N–H and O–H groups in total. The monoisotopic (exact) mass is 253 g/mol. The van der Waals surface area contributed by atoms with Crippen molar-refractivity contribution in [1.82, 2.24) is 4.90 Å². The predicted octanol–water partition coefficient (Wildman–Crippen LogP) is 1.58. The van der Waals surface area contributed by atoms with Crippen LogP contribution in [0.5, 0.6) is 0 Å². The van der Waals surface area contributed by atoms with Gasteiger partial charge in [0.25, 0.3) is 0 Å². The molecule has 1 aromatic rings. The number of nitrogens with one attached hydrogen (secondary N) is 1. The van der Waals surface area contributed by atoms with Gasteiger partial charge in [-0.25, -0.2) is 4.39 Å². The third-order valence-electron chi connectivity index (χ3n) is 3.00. The lowest BCUT2D eigenvalue weighted by Gasteiger charge is -2.17. The molecule has 0 aliphatic carbocycles.